The van der Waals surface area contributed by atoms with Crippen LogP contribution in [0, 0.1) is 0 Å². The molecule has 1 aromatic heterocycles. The molecule has 0 saturated carbocycles. The minimum Gasteiger partial charge on any atom is -0.497 e. The summed E-state index contributed by atoms with van der Waals surface area (Å²) in [5.74, 6) is 0.773. The normalized spacial score (nSPS) is 12.5. The second-order valence-corrected chi connectivity index (χ2v) is 5.85. The second kappa shape index (κ2) is 5.98. The SMILES string of the molecule is COc1ccc(-c2nn(-c3cccc(C(=O)O)c3)c3c2CCN3)cc1. The minimum absolute atomic E-state index is 0.241. The van der Waals surface area contributed by atoms with Crippen LogP contribution in [0.2, 0.25) is 0 Å². The molecule has 2 aromatic carbocycles. The predicted octanol–water partition coefficient (Wildman–Crippen LogP) is 3.21. The van der Waals surface area contributed by atoms with Crippen molar-refractivity contribution in [1.29, 1.82) is 0 Å². The van der Waals surface area contributed by atoms with Crippen molar-refractivity contribution >= 4 is 11.8 Å². The highest BCUT2D eigenvalue weighted by molar-refractivity contribution is 5.88. The van der Waals surface area contributed by atoms with E-state index < -0.39 is 5.97 Å². The fraction of sp³-hybridized carbons (Fsp3) is 0.158. The number of nitrogens with zero attached hydrogens (tertiary/aromatic N) is 2. The lowest BCUT2D eigenvalue weighted by Gasteiger charge is -2.07. The Hall–Kier alpha value is -3.28. The van der Waals surface area contributed by atoms with E-state index in [1.165, 1.54) is 0 Å². The summed E-state index contributed by atoms with van der Waals surface area (Å²) in [7, 11) is 1.64. The number of rotatable bonds is 4. The number of benzene rings is 2. The number of fused-ring (bicyclic) bond motifs is 1. The van der Waals surface area contributed by atoms with Crippen LogP contribution in [-0.2, 0) is 6.42 Å². The molecular formula is C19H17N3O3. The topological polar surface area (TPSA) is 76.4 Å². The van der Waals surface area contributed by atoms with Gasteiger partial charge in [0.15, 0.2) is 0 Å². The van der Waals surface area contributed by atoms with Crippen LogP contribution >= 0.6 is 0 Å². The molecule has 0 atom stereocenters. The minimum atomic E-state index is -0.950. The van der Waals surface area contributed by atoms with Gasteiger partial charge in [-0.3, -0.25) is 0 Å². The van der Waals surface area contributed by atoms with Gasteiger partial charge in [0, 0.05) is 17.7 Å². The van der Waals surface area contributed by atoms with Crippen LogP contribution in [0.1, 0.15) is 15.9 Å². The van der Waals surface area contributed by atoms with Crippen molar-refractivity contribution in [3.05, 3.63) is 59.7 Å². The van der Waals surface area contributed by atoms with Gasteiger partial charge in [0.25, 0.3) is 0 Å². The smallest absolute Gasteiger partial charge is 0.335 e. The van der Waals surface area contributed by atoms with Gasteiger partial charge in [0.1, 0.15) is 11.6 Å². The summed E-state index contributed by atoms with van der Waals surface area (Å²) in [5, 5.41) is 17.3. The van der Waals surface area contributed by atoms with Gasteiger partial charge in [0.2, 0.25) is 0 Å². The molecule has 25 heavy (non-hydrogen) atoms. The Morgan fingerprint density at radius 1 is 1.24 bits per heavy atom. The highest BCUT2D eigenvalue weighted by Crippen LogP contribution is 2.35. The average Bonchev–Trinajstić information content (AvgIpc) is 3.24. The van der Waals surface area contributed by atoms with E-state index in [4.69, 9.17) is 9.84 Å². The van der Waals surface area contributed by atoms with Crippen molar-refractivity contribution in [3.8, 4) is 22.7 Å². The number of carboxylic acids is 1. The van der Waals surface area contributed by atoms with Crippen molar-refractivity contribution in [2.45, 2.75) is 6.42 Å². The summed E-state index contributed by atoms with van der Waals surface area (Å²) in [6, 6.07) is 14.6. The third-order valence-corrected chi connectivity index (χ3v) is 4.35. The highest BCUT2D eigenvalue weighted by atomic mass is 16.5. The molecule has 6 nitrogen and oxygen atoms in total. The molecule has 0 bridgehead atoms. The van der Waals surface area contributed by atoms with E-state index in [-0.39, 0.29) is 5.56 Å². The lowest BCUT2D eigenvalue weighted by atomic mass is 10.1. The molecule has 0 aliphatic carbocycles. The molecule has 1 aliphatic rings. The van der Waals surface area contributed by atoms with Crippen LogP contribution in [0.5, 0.6) is 5.75 Å². The number of carboxylic acid groups (broad SMARTS) is 1. The molecule has 3 aromatic rings. The van der Waals surface area contributed by atoms with E-state index in [0.717, 1.165) is 47.0 Å². The third kappa shape index (κ3) is 2.61. The van der Waals surface area contributed by atoms with Crippen LogP contribution in [0.15, 0.2) is 48.5 Å². The Kier molecular flexibility index (Phi) is 3.65. The van der Waals surface area contributed by atoms with E-state index in [9.17, 15) is 9.90 Å². The lowest BCUT2D eigenvalue weighted by Crippen LogP contribution is -2.05. The predicted molar refractivity (Wildman–Crippen MR) is 94.7 cm³/mol. The quantitative estimate of drug-likeness (QED) is 0.765. The van der Waals surface area contributed by atoms with Gasteiger partial charge in [-0.2, -0.15) is 5.10 Å². The first-order chi connectivity index (χ1) is 12.2. The molecule has 0 radical (unpaired) electrons. The molecule has 0 saturated heterocycles. The fourth-order valence-corrected chi connectivity index (χ4v) is 3.11. The van der Waals surface area contributed by atoms with Crippen molar-refractivity contribution in [2.24, 2.45) is 0 Å². The maximum Gasteiger partial charge on any atom is 0.335 e. The Bertz CT molecular complexity index is 945. The molecular weight excluding hydrogens is 318 g/mol. The van der Waals surface area contributed by atoms with Gasteiger partial charge in [-0.05, 0) is 48.9 Å². The number of anilines is 1. The van der Waals surface area contributed by atoms with Crippen molar-refractivity contribution in [3.63, 3.8) is 0 Å². The number of carbonyl (C=O) groups is 1. The number of methoxy groups -OCH3 is 1. The van der Waals surface area contributed by atoms with Crippen LogP contribution in [0.3, 0.4) is 0 Å². The van der Waals surface area contributed by atoms with Gasteiger partial charge < -0.3 is 15.2 Å². The Balaban J connectivity index is 1.82. The van der Waals surface area contributed by atoms with E-state index in [2.05, 4.69) is 5.32 Å². The zero-order chi connectivity index (χ0) is 17.4. The molecule has 126 valence electrons. The zero-order valence-electron chi connectivity index (χ0n) is 13.7. The number of hydrogen-bond acceptors (Lipinski definition) is 4. The molecule has 1 aliphatic heterocycles. The average molecular weight is 335 g/mol. The maximum absolute atomic E-state index is 11.2. The monoisotopic (exact) mass is 335 g/mol. The summed E-state index contributed by atoms with van der Waals surface area (Å²) in [4.78, 5) is 11.2. The molecule has 0 spiro atoms. The Morgan fingerprint density at radius 3 is 2.76 bits per heavy atom. The fourth-order valence-electron chi connectivity index (χ4n) is 3.11. The van der Waals surface area contributed by atoms with Gasteiger partial charge in [-0.1, -0.05) is 6.07 Å². The summed E-state index contributed by atoms with van der Waals surface area (Å²) < 4.78 is 7.00. The number of aromatic carboxylic acids is 1. The number of aromatic nitrogens is 2. The molecule has 4 rings (SSSR count). The number of hydrogen-bond donors (Lipinski definition) is 2. The summed E-state index contributed by atoms with van der Waals surface area (Å²) in [5.41, 5.74) is 4.03. The largest absolute Gasteiger partial charge is 0.497 e. The Labute approximate surface area is 144 Å². The van der Waals surface area contributed by atoms with Gasteiger partial charge in [-0.25, -0.2) is 9.48 Å². The first-order valence-electron chi connectivity index (χ1n) is 8.01. The van der Waals surface area contributed by atoms with Crippen molar-refractivity contribution < 1.29 is 14.6 Å². The van der Waals surface area contributed by atoms with Crippen molar-refractivity contribution in [2.75, 3.05) is 19.0 Å². The molecule has 2 N–H and O–H groups in total. The lowest BCUT2D eigenvalue weighted by molar-refractivity contribution is 0.0697. The Morgan fingerprint density at radius 2 is 2.04 bits per heavy atom. The molecule has 0 unspecified atom stereocenters. The first kappa shape index (κ1) is 15.3. The van der Waals surface area contributed by atoms with Crippen LogP contribution in [-0.4, -0.2) is 34.5 Å². The van der Waals surface area contributed by atoms with Crippen LogP contribution in [0.4, 0.5) is 5.82 Å². The molecule has 0 amide bonds. The maximum atomic E-state index is 11.2. The van der Waals surface area contributed by atoms with E-state index in [0.29, 0.717) is 0 Å². The van der Waals surface area contributed by atoms with E-state index >= 15 is 0 Å². The van der Waals surface area contributed by atoms with E-state index in [1.807, 2.05) is 30.3 Å². The summed E-state index contributed by atoms with van der Waals surface area (Å²) >= 11 is 0. The number of ether oxygens (including phenoxy) is 1. The molecule has 0 fully saturated rings. The van der Waals surface area contributed by atoms with Gasteiger partial charge in [0.05, 0.1) is 24.1 Å². The summed E-state index contributed by atoms with van der Waals surface area (Å²) in [6.07, 6.45) is 0.884. The van der Waals surface area contributed by atoms with E-state index in [1.54, 1.807) is 30.0 Å². The number of nitrogens with one attached hydrogen (secondary N) is 1. The van der Waals surface area contributed by atoms with Crippen LogP contribution < -0.4 is 10.1 Å². The molecule has 6 heteroatoms. The zero-order valence-corrected chi connectivity index (χ0v) is 13.7. The van der Waals surface area contributed by atoms with Crippen molar-refractivity contribution in [1.82, 2.24) is 9.78 Å². The summed E-state index contributed by atoms with van der Waals surface area (Å²) in [6.45, 7) is 0.842. The van der Waals surface area contributed by atoms with Gasteiger partial charge in [-0.15, -0.1) is 0 Å². The standard InChI is InChI=1S/C19H17N3O3/c1-25-15-7-5-12(6-8-15)17-16-9-10-20-18(16)22(21-17)14-4-2-3-13(11-14)19(23)24/h2-8,11,20H,9-10H2,1H3,(H,23,24). The second-order valence-electron chi connectivity index (χ2n) is 5.85. The van der Waals surface area contributed by atoms with Crippen LogP contribution in [0.25, 0.3) is 16.9 Å². The van der Waals surface area contributed by atoms with Gasteiger partial charge >= 0.3 is 5.97 Å². The highest BCUT2D eigenvalue weighted by Gasteiger charge is 2.24. The first-order valence-corrected chi connectivity index (χ1v) is 8.01. The third-order valence-electron chi connectivity index (χ3n) is 4.35. The molecule has 2 heterocycles.